The topological polar surface area (TPSA) is 59.3 Å². The number of carbonyl (C=O) groups is 2. The number of carboxylic acids is 1. The van der Waals surface area contributed by atoms with Gasteiger partial charge in [0.1, 0.15) is 0 Å². The van der Waals surface area contributed by atoms with Gasteiger partial charge in [0, 0.05) is 22.8 Å². The summed E-state index contributed by atoms with van der Waals surface area (Å²) >= 11 is 5.86. The van der Waals surface area contributed by atoms with Crippen LogP contribution in [-0.2, 0) is 11.3 Å². The normalized spacial score (nSPS) is 12.1. The van der Waals surface area contributed by atoms with E-state index in [0.717, 1.165) is 12.8 Å². The van der Waals surface area contributed by atoms with E-state index in [-0.39, 0.29) is 5.78 Å². The fourth-order valence-electron chi connectivity index (χ4n) is 2.50. The lowest BCUT2D eigenvalue weighted by atomic mass is 10.1. The minimum Gasteiger partial charge on any atom is -0.481 e. The van der Waals surface area contributed by atoms with Gasteiger partial charge in [0.2, 0.25) is 5.78 Å². The molecule has 0 aliphatic heterocycles. The van der Waals surface area contributed by atoms with Crippen molar-refractivity contribution >= 4 is 23.4 Å². The first-order valence-corrected chi connectivity index (χ1v) is 8.06. The molecule has 23 heavy (non-hydrogen) atoms. The Bertz CT molecular complexity index is 704. The molecule has 0 saturated heterocycles. The Balaban J connectivity index is 2.42. The van der Waals surface area contributed by atoms with Gasteiger partial charge in [-0.05, 0) is 49.7 Å². The SMILES string of the molecule is CCCCn1c(C(=O)c2ccc(Cl)cc2)ccc1C(C)C(=O)O. The van der Waals surface area contributed by atoms with Crippen molar-refractivity contribution in [2.24, 2.45) is 0 Å². The molecule has 0 bridgehead atoms. The molecule has 122 valence electrons. The summed E-state index contributed by atoms with van der Waals surface area (Å²) in [5.74, 6) is -1.67. The van der Waals surface area contributed by atoms with Crippen LogP contribution in [0.1, 0.15) is 54.4 Å². The summed E-state index contributed by atoms with van der Waals surface area (Å²) in [6, 6.07) is 10.2. The fourth-order valence-corrected chi connectivity index (χ4v) is 2.63. The number of ketones is 1. The maximum Gasteiger partial charge on any atom is 0.312 e. The quantitative estimate of drug-likeness (QED) is 0.766. The van der Waals surface area contributed by atoms with Gasteiger partial charge in [-0.25, -0.2) is 0 Å². The van der Waals surface area contributed by atoms with Crippen molar-refractivity contribution in [3.8, 4) is 0 Å². The number of carboxylic acid groups (broad SMARTS) is 1. The molecular weight excluding hydrogens is 314 g/mol. The Morgan fingerprint density at radius 3 is 2.39 bits per heavy atom. The first kappa shape index (κ1) is 17.3. The molecule has 0 spiro atoms. The zero-order valence-corrected chi connectivity index (χ0v) is 14.0. The maximum absolute atomic E-state index is 12.7. The monoisotopic (exact) mass is 333 g/mol. The summed E-state index contributed by atoms with van der Waals surface area (Å²) < 4.78 is 1.83. The van der Waals surface area contributed by atoms with Crippen LogP contribution in [0.3, 0.4) is 0 Å². The van der Waals surface area contributed by atoms with E-state index in [1.54, 1.807) is 43.3 Å². The van der Waals surface area contributed by atoms with Crippen LogP contribution in [0.25, 0.3) is 0 Å². The molecule has 1 heterocycles. The number of benzene rings is 1. The van der Waals surface area contributed by atoms with Gasteiger partial charge < -0.3 is 9.67 Å². The molecule has 2 aromatic rings. The van der Waals surface area contributed by atoms with Gasteiger partial charge in [-0.1, -0.05) is 24.9 Å². The highest BCUT2D eigenvalue weighted by atomic mass is 35.5. The van der Waals surface area contributed by atoms with Gasteiger partial charge in [-0.15, -0.1) is 0 Å². The Kier molecular flexibility index (Phi) is 5.61. The van der Waals surface area contributed by atoms with Crippen LogP contribution in [0.15, 0.2) is 36.4 Å². The Labute approximate surface area is 140 Å². The van der Waals surface area contributed by atoms with Crippen molar-refractivity contribution in [3.63, 3.8) is 0 Å². The molecule has 1 atom stereocenters. The van der Waals surface area contributed by atoms with Gasteiger partial charge in [-0.2, -0.15) is 0 Å². The lowest BCUT2D eigenvalue weighted by molar-refractivity contribution is -0.138. The number of aromatic nitrogens is 1. The standard InChI is InChI=1S/C18H20ClNO3/c1-3-4-11-20-15(12(2)18(22)23)9-10-16(20)17(21)13-5-7-14(19)8-6-13/h5-10,12H,3-4,11H2,1-2H3,(H,22,23). The number of hydrogen-bond donors (Lipinski definition) is 1. The van der Waals surface area contributed by atoms with E-state index in [1.165, 1.54) is 0 Å². The molecule has 0 aliphatic rings. The van der Waals surface area contributed by atoms with Gasteiger partial charge in [0.25, 0.3) is 0 Å². The third-order valence-electron chi connectivity index (χ3n) is 3.90. The van der Waals surface area contributed by atoms with E-state index >= 15 is 0 Å². The Morgan fingerprint density at radius 1 is 1.17 bits per heavy atom. The lowest BCUT2D eigenvalue weighted by Gasteiger charge is -2.15. The van der Waals surface area contributed by atoms with Crippen molar-refractivity contribution in [1.82, 2.24) is 4.57 Å². The number of carbonyl (C=O) groups excluding carboxylic acids is 1. The van der Waals surface area contributed by atoms with Crippen molar-refractivity contribution in [1.29, 1.82) is 0 Å². The Hall–Kier alpha value is -2.07. The largest absolute Gasteiger partial charge is 0.481 e. The summed E-state index contributed by atoms with van der Waals surface area (Å²) in [6.45, 7) is 4.33. The van der Waals surface area contributed by atoms with Crippen LogP contribution >= 0.6 is 11.6 Å². The molecular formula is C18H20ClNO3. The van der Waals surface area contributed by atoms with E-state index in [2.05, 4.69) is 6.92 Å². The molecule has 1 N–H and O–H groups in total. The second-order valence-corrected chi connectivity index (χ2v) is 5.98. The maximum atomic E-state index is 12.7. The molecule has 0 radical (unpaired) electrons. The summed E-state index contributed by atoms with van der Waals surface area (Å²) in [4.78, 5) is 24.0. The van der Waals surface area contributed by atoms with Crippen molar-refractivity contribution in [2.75, 3.05) is 0 Å². The average molecular weight is 334 g/mol. The van der Waals surface area contributed by atoms with E-state index in [1.807, 2.05) is 4.57 Å². The lowest BCUT2D eigenvalue weighted by Crippen LogP contribution is -2.17. The summed E-state index contributed by atoms with van der Waals surface area (Å²) in [6.07, 6.45) is 1.85. The van der Waals surface area contributed by atoms with Crippen LogP contribution < -0.4 is 0 Å². The minimum absolute atomic E-state index is 0.124. The molecule has 0 fully saturated rings. The van der Waals surface area contributed by atoms with Gasteiger partial charge >= 0.3 is 5.97 Å². The third-order valence-corrected chi connectivity index (χ3v) is 4.15. The highest BCUT2D eigenvalue weighted by molar-refractivity contribution is 6.30. The minimum atomic E-state index is -0.897. The number of hydrogen-bond acceptors (Lipinski definition) is 2. The molecule has 2 rings (SSSR count). The molecule has 1 aromatic carbocycles. The van der Waals surface area contributed by atoms with E-state index in [0.29, 0.717) is 28.5 Å². The predicted octanol–water partition coefficient (Wildman–Crippen LogP) is 4.36. The number of aliphatic carboxylic acids is 1. The van der Waals surface area contributed by atoms with Crippen molar-refractivity contribution in [2.45, 2.75) is 39.2 Å². The highest BCUT2D eigenvalue weighted by Crippen LogP contribution is 2.23. The van der Waals surface area contributed by atoms with E-state index in [9.17, 15) is 14.7 Å². The van der Waals surface area contributed by atoms with E-state index < -0.39 is 11.9 Å². The fraction of sp³-hybridized carbons (Fsp3) is 0.333. The molecule has 0 amide bonds. The van der Waals surface area contributed by atoms with Crippen molar-refractivity contribution < 1.29 is 14.7 Å². The summed E-state index contributed by atoms with van der Waals surface area (Å²) in [7, 11) is 0. The van der Waals surface area contributed by atoms with Gasteiger partial charge in [0.05, 0.1) is 11.6 Å². The predicted molar refractivity (Wildman–Crippen MR) is 90.3 cm³/mol. The van der Waals surface area contributed by atoms with Crippen LogP contribution in [-0.4, -0.2) is 21.4 Å². The van der Waals surface area contributed by atoms with Gasteiger partial charge in [0.15, 0.2) is 0 Å². The second-order valence-electron chi connectivity index (χ2n) is 5.54. The number of unbranched alkanes of at least 4 members (excludes halogenated alkanes) is 1. The number of rotatable bonds is 7. The van der Waals surface area contributed by atoms with Crippen molar-refractivity contribution in [3.05, 3.63) is 58.4 Å². The number of nitrogens with zero attached hydrogens (tertiary/aromatic N) is 1. The summed E-state index contributed by atoms with van der Waals surface area (Å²) in [5.41, 5.74) is 1.71. The molecule has 1 aromatic heterocycles. The van der Waals surface area contributed by atoms with Crippen LogP contribution in [0.5, 0.6) is 0 Å². The molecule has 1 unspecified atom stereocenters. The second kappa shape index (κ2) is 7.47. The van der Waals surface area contributed by atoms with E-state index in [4.69, 9.17) is 11.6 Å². The molecule has 5 heteroatoms. The first-order chi connectivity index (χ1) is 11.0. The first-order valence-electron chi connectivity index (χ1n) is 7.68. The Morgan fingerprint density at radius 2 is 1.83 bits per heavy atom. The highest BCUT2D eigenvalue weighted by Gasteiger charge is 2.22. The zero-order chi connectivity index (χ0) is 17.0. The molecule has 0 aliphatic carbocycles. The third kappa shape index (κ3) is 3.82. The van der Waals surface area contributed by atoms with Gasteiger partial charge in [-0.3, -0.25) is 9.59 Å². The zero-order valence-electron chi connectivity index (χ0n) is 13.3. The molecule has 0 saturated carbocycles. The van der Waals surface area contributed by atoms with Crippen LogP contribution in [0.2, 0.25) is 5.02 Å². The average Bonchev–Trinajstić information content (AvgIpc) is 2.95. The summed E-state index contributed by atoms with van der Waals surface area (Å²) in [5, 5.41) is 9.84. The molecule has 4 nitrogen and oxygen atoms in total. The van der Waals surface area contributed by atoms with Crippen LogP contribution in [0, 0.1) is 0 Å². The smallest absolute Gasteiger partial charge is 0.312 e. The van der Waals surface area contributed by atoms with Crippen LogP contribution in [0.4, 0.5) is 0 Å². The number of halogens is 1.